The van der Waals surface area contributed by atoms with Crippen LogP contribution in [0, 0.1) is 43.3 Å². The SMILES string of the molecule is CO[C@H]1C=CO[C@@]2(C)Oc3c(C)c(O)c4c(c3C2=O)C(=O)C(N2CCC(N[C@H]3CCN(c5c(F)cn6c(=O)c(C(=O)O)cc(C7CC7)c6c5C)C3)C2)=C(NC(=O)C(C)=CC=C[C@H](C)[C@H](O)[C@@H](C)[C@@H](O)[C@@H](C)[C@H](OC(C)=O)[C@@H]1C)C4=O. The summed E-state index contributed by atoms with van der Waals surface area (Å²) in [5.74, 6) is -11.7. The largest absolute Gasteiger partial charge is 0.507 e. The first kappa shape index (κ1) is 57.5. The van der Waals surface area contributed by atoms with E-state index in [0.717, 1.165) is 29.7 Å². The first-order chi connectivity index (χ1) is 37.8. The number of benzene rings is 1. The van der Waals surface area contributed by atoms with Gasteiger partial charge in [-0.15, -0.1) is 0 Å². The van der Waals surface area contributed by atoms with E-state index in [1.807, 2.05) is 4.90 Å². The van der Waals surface area contributed by atoms with Crippen LogP contribution in [0.2, 0.25) is 0 Å². The molecule has 5 aliphatic heterocycles. The molecule has 5 bridgehead atoms. The molecule has 2 aliphatic carbocycles. The smallest absolute Gasteiger partial charge is 0.341 e. The highest BCUT2D eigenvalue weighted by molar-refractivity contribution is 6.32. The minimum absolute atomic E-state index is 0.0458. The number of rotatable bonds is 8. The number of aryl methyl sites for hydroxylation is 1. The summed E-state index contributed by atoms with van der Waals surface area (Å²) < 4.78 is 41.1. The van der Waals surface area contributed by atoms with Gasteiger partial charge in [0.15, 0.2) is 5.82 Å². The Bertz CT molecular complexity index is 3300. The van der Waals surface area contributed by atoms with Crippen LogP contribution < -0.4 is 25.8 Å². The fourth-order valence-corrected chi connectivity index (χ4v) is 12.4. The van der Waals surface area contributed by atoms with Crippen LogP contribution in [0.4, 0.5) is 10.1 Å². The number of amides is 1. The Hall–Kier alpha value is -7.20. The zero-order valence-corrected chi connectivity index (χ0v) is 46.5. The maximum Gasteiger partial charge on any atom is 0.341 e. The van der Waals surface area contributed by atoms with Crippen molar-refractivity contribution in [1.82, 2.24) is 19.9 Å². The van der Waals surface area contributed by atoms with Gasteiger partial charge in [-0.2, -0.15) is 0 Å². The number of pyridine rings is 2. The number of carboxylic acid groups (broad SMARTS) is 1. The molecule has 10 rings (SSSR count). The van der Waals surface area contributed by atoms with E-state index in [1.165, 1.54) is 53.0 Å². The average Bonchev–Trinajstić information content (AvgIpc) is 4.00. The molecule has 1 amide bonds. The number of ether oxygens (including phenoxy) is 4. The number of phenols is 1. The highest BCUT2D eigenvalue weighted by Crippen LogP contribution is 2.50. The van der Waals surface area contributed by atoms with Gasteiger partial charge in [0.1, 0.15) is 34.6 Å². The summed E-state index contributed by atoms with van der Waals surface area (Å²) in [5, 5.41) is 51.1. The Labute approximate surface area is 461 Å². The van der Waals surface area contributed by atoms with Crippen LogP contribution in [0.1, 0.15) is 138 Å². The number of esters is 1. The number of aliphatic hydroxyl groups is 2. The van der Waals surface area contributed by atoms with Crippen molar-refractivity contribution in [3.63, 3.8) is 0 Å². The predicted octanol–water partition coefficient (Wildman–Crippen LogP) is 5.54. The maximum absolute atomic E-state index is 16.2. The Morgan fingerprint density at radius 3 is 2.16 bits per heavy atom. The average molecular weight is 1110 g/mol. The summed E-state index contributed by atoms with van der Waals surface area (Å²) in [5.41, 5.74) is -1.08. The number of nitrogens with zero attached hydrogens (tertiary/aromatic N) is 3. The van der Waals surface area contributed by atoms with Gasteiger partial charge in [-0.3, -0.25) is 33.2 Å². The molecule has 1 aromatic carbocycles. The standard InChI is InChI=1S/C59H70FN5O15/c1-26-12-11-13-27(2)56(73)62-44-47(64-20-17-36(24-64)61-35-16-19-63(23-35)46-29(4)45-37(34-14-15-34)22-38(58(75)76)57(74)65(45)25-39(46)60)52(71)41-42(51(44)70)50(69)32(7)54-43(41)55(72)59(9,80-54)78-21-18-40(77-10)28(3)53(79-33(8)66)31(6)49(68)30(5)48(26)67/h11-13,18,21-22,25-26,28,30-31,34-36,40,48-49,53,61,67-69H,14-17,19-20,23-24H2,1-10H3,(H,62,73)(H,75,76)/t26-,28+,30+,31+,35-,36?,40-,48-,49+,53+,59-/m0/s1. The van der Waals surface area contributed by atoms with Crippen LogP contribution in [0.5, 0.6) is 11.5 Å². The number of likely N-dealkylation sites (tertiary alicyclic amines) is 1. The van der Waals surface area contributed by atoms with Gasteiger partial charge in [0.05, 0.1) is 58.7 Å². The predicted molar refractivity (Wildman–Crippen MR) is 289 cm³/mol. The van der Waals surface area contributed by atoms with Gasteiger partial charge in [0.2, 0.25) is 11.6 Å². The number of aromatic carboxylic acids is 1. The van der Waals surface area contributed by atoms with Crippen molar-refractivity contribution in [1.29, 1.82) is 0 Å². The van der Waals surface area contributed by atoms with E-state index in [1.54, 1.807) is 51.7 Å². The lowest BCUT2D eigenvalue weighted by Gasteiger charge is -2.38. The molecule has 2 aromatic heterocycles. The summed E-state index contributed by atoms with van der Waals surface area (Å²) in [4.78, 5) is 101. The summed E-state index contributed by atoms with van der Waals surface area (Å²) >= 11 is 0. The molecule has 21 heteroatoms. The van der Waals surface area contributed by atoms with E-state index < -0.39 is 129 Å². The summed E-state index contributed by atoms with van der Waals surface area (Å²) in [6, 6.07) is 0.913. The van der Waals surface area contributed by atoms with Gasteiger partial charge < -0.3 is 59.8 Å². The summed E-state index contributed by atoms with van der Waals surface area (Å²) in [6.45, 7) is 15.1. The number of halogens is 1. The van der Waals surface area contributed by atoms with Gasteiger partial charge in [-0.25, -0.2) is 9.18 Å². The van der Waals surface area contributed by atoms with Crippen molar-refractivity contribution in [3.8, 4) is 11.5 Å². The molecule has 11 atom stereocenters. The molecule has 6 N–H and O–H groups in total. The van der Waals surface area contributed by atoms with Crippen LogP contribution in [-0.4, -0.2) is 140 Å². The quantitative estimate of drug-likeness (QED) is 0.151. The van der Waals surface area contributed by atoms with Gasteiger partial charge in [-0.1, -0.05) is 45.9 Å². The number of nitrogens with one attached hydrogen (secondary N) is 2. The fourth-order valence-electron chi connectivity index (χ4n) is 12.4. The van der Waals surface area contributed by atoms with E-state index in [9.17, 15) is 44.4 Å². The molecule has 0 spiro atoms. The van der Waals surface area contributed by atoms with E-state index in [4.69, 9.17) is 18.9 Å². The second kappa shape index (κ2) is 22.0. The molecule has 7 aliphatic rings. The van der Waals surface area contributed by atoms with E-state index in [0.29, 0.717) is 48.3 Å². The third kappa shape index (κ3) is 10.2. The summed E-state index contributed by atoms with van der Waals surface area (Å²) in [7, 11) is 1.41. The minimum atomic E-state index is -2.16. The van der Waals surface area contributed by atoms with Crippen molar-refractivity contribution in [2.24, 2.45) is 23.7 Å². The Morgan fingerprint density at radius 2 is 1.52 bits per heavy atom. The number of anilines is 1. The molecule has 1 unspecified atom stereocenters. The minimum Gasteiger partial charge on any atom is -0.507 e. The van der Waals surface area contributed by atoms with Crippen LogP contribution in [-0.2, 0) is 23.8 Å². The lowest BCUT2D eigenvalue weighted by molar-refractivity contribution is -0.160. The number of carboxylic acids is 1. The van der Waals surface area contributed by atoms with E-state index in [-0.39, 0.29) is 59.2 Å². The number of carbonyl (C=O) groups excluding carboxylic acids is 5. The van der Waals surface area contributed by atoms with E-state index in [2.05, 4.69) is 10.6 Å². The highest BCUT2D eigenvalue weighted by Gasteiger charge is 2.54. The normalized spacial score (nSPS) is 29.5. The molecule has 3 aromatic rings. The Morgan fingerprint density at radius 1 is 0.863 bits per heavy atom. The zero-order valence-electron chi connectivity index (χ0n) is 46.5. The number of hydrogen-bond acceptors (Lipinski definition) is 17. The number of carbonyl (C=O) groups is 6. The first-order valence-corrected chi connectivity index (χ1v) is 27.2. The van der Waals surface area contributed by atoms with Gasteiger partial charge in [-0.05, 0) is 75.6 Å². The second-order valence-corrected chi connectivity index (χ2v) is 22.6. The second-order valence-electron chi connectivity index (χ2n) is 22.6. The van der Waals surface area contributed by atoms with E-state index >= 15 is 14.0 Å². The molecule has 7 heterocycles. The van der Waals surface area contributed by atoms with Crippen LogP contribution in [0.3, 0.4) is 0 Å². The number of hydrogen-bond donors (Lipinski definition) is 6. The molecule has 0 radical (unpaired) electrons. The van der Waals surface area contributed by atoms with Crippen LogP contribution in [0.15, 0.2) is 64.6 Å². The van der Waals surface area contributed by atoms with Crippen molar-refractivity contribution < 1.29 is 72.5 Å². The Kier molecular flexibility index (Phi) is 15.8. The molecular formula is C59H70FN5O15. The third-order valence-electron chi connectivity index (χ3n) is 17.1. The molecule has 428 valence electrons. The number of aliphatic hydroxyl groups excluding tert-OH is 2. The maximum atomic E-state index is 16.2. The molecule has 20 nitrogen and oxygen atoms in total. The number of aromatic hydroxyl groups is 1. The molecule has 2 saturated heterocycles. The topological polar surface area (TPSA) is 272 Å². The molecular weight excluding hydrogens is 1040 g/mol. The number of aromatic nitrogens is 1. The molecule has 3 fully saturated rings. The number of methoxy groups -OCH3 is 1. The number of fused-ring (bicyclic) bond motifs is 15. The number of ketones is 3. The van der Waals surface area contributed by atoms with Crippen molar-refractivity contribution >= 4 is 46.4 Å². The highest BCUT2D eigenvalue weighted by atomic mass is 19.1. The Balaban J connectivity index is 1.05. The monoisotopic (exact) mass is 1110 g/mol. The first-order valence-electron chi connectivity index (χ1n) is 27.2. The fraction of sp³-hybridized carbons (Fsp3) is 0.508. The molecule has 1 saturated carbocycles. The van der Waals surface area contributed by atoms with Gasteiger partial charge in [0, 0.05) is 94.0 Å². The lowest BCUT2D eigenvalue weighted by atomic mass is 9.78. The van der Waals surface area contributed by atoms with Crippen molar-refractivity contribution in [2.75, 3.05) is 38.2 Å². The number of phenolic OH excluding ortho intramolecular Hbond substituents is 1. The zero-order chi connectivity index (χ0) is 58.1. The van der Waals surface area contributed by atoms with Crippen molar-refractivity contribution in [2.45, 2.75) is 136 Å². The van der Waals surface area contributed by atoms with Crippen LogP contribution in [0.25, 0.3) is 5.52 Å². The lowest BCUT2D eigenvalue weighted by Crippen LogP contribution is -2.46. The van der Waals surface area contributed by atoms with Crippen LogP contribution >= 0.6 is 0 Å². The third-order valence-corrected chi connectivity index (χ3v) is 17.1. The van der Waals surface area contributed by atoms with Gasteiger partial charge >= 0.3 is 17.7 Å². The number of Topliss-reactive ketones (excluding diaryl/α,β-unsaturated/α-hetero) is 3. The summed E-state index contributed by atoms with van der Waals surface area (Å²) in [6.07, 6.45) is 6.89. The number of allylic oxidation sites excluding steroid dienone is 4. The molecule has 80 heavy (non-hydrogen) atoms. The van der Waals surface area contributed by atoms with Gasteiger partial charge in [0.25, 0.3) is 17.2 Å². The van der Waals surface area contributed by atoms with Crippen molar-refractivity contribution in [3.05, 3.63) is 115 Å².